The molecule has 0 bridgehead atoms. The highest BCUT2D eigenvalue weighted by molar-refractivity contribution is 6.30. The fourth-order valence-electron chi connectivity index (χ4n) is 2.34. The molecule has 0 spiro atoms. The van der Waals surface area contributed by atoms with Crippen molar-refractivity contribution in [2.45, 2.75) is 26.3 Å². The van der Waals surface area contributed by atoms with Crippen molar-refractivity contribution in [1.29, 1.82) is 0 Å². The van der Waals surface area contributed by atoms with Gasteiger partial charge in [0.15, 0.2) is 0 Å². The van der Waals surface area contributed by atoms with Gasteiger partial charge in [0.05, 0.1) is 0 Å². The predicted molar refractivity (Wildman–Crippen MR) is 78.1 cm³/mol. The summed E-state index contributed by atoms with van der Waals surface area (Å²) in [6, 6.07) is 7.58. The fourth-order valence-corrected chi connectivity index (χ4v) is 2.46. The summed E-state index contributed by atoms with van der Waals surface area (Å²) < 4.78 is 0. The smallest absolute Gasteiger partial charge is 0.226 e. The Balaban J connectivity index is 1.88. The third kappa shape index (κ3) is 3.71. The maximum Gasteiger partial charge on any atom is 0.226 e. The lowest BCUT2D eigenvalue weighted by molar-refractivity contribution is -0.132. The van der Waals surface area contributed by atoms with Gasteiger partial charge in [0.2, 0.25) is 5.91 Å². The van der Waals surface area contributed by atoms with E-state index in [2.05, 4.69) is 24.2 Å². The molecule has 1 aliphatic heterocycles. The first kappa shape index (κ1) is 14.4. The number of nitrogens with zero attached hydrogens (tertiary/aromatic N) is 1. The van der Waals surface area contributed by atoms with Crippen LogP contribution >= 0.6 is 11.6 Å². The number of halogens is 1. The summed E-state index contributed by atoms with van der Waals surface area (Å²) in [6.45, 7) is 4.62. The van der Waals surface area contributed by atoms with E-state index in [1.54, 1.807) is 0 Å². The van der Waals surface area contributed by atoms with Crippen molar-refractivity contribution >= 4 is 17.5 Å². The van der Waals surface area contributed by atoms with E-state index in [0.29, 0.717) is 6.54 Å². The fraction of sp³-hybridized carbons (Fsp3) is 0.533. The molecule has 0 aromatic heterocycles. The highest BCUT2D eigenvalue weighted by Gasteiger charge is 2.35. The topological polar surface area (TPSA) is 32.3 Å². The third-order valence-electron chi connectivity index (χ3n) is 4.01. The number of carbonyl (C=O) groups excluding carboxylic acids is 1. The zero-order chi connectivity index (χ0) is 13.9. The first-order chi connectivity index (χ1) is 8.99. The van der Waals surface area contributed by atoms with E-state index in [1.807, 2.05) is 24.3 Å². The largest absolute Gasteiger partial charge is 0.352 e. The average Bonchev–Trinajstić information content (AvgIpc) is 2.41. The second-order valence-electron chi connectivity index (χ2n) is 5.67. The van der Waals surface area contributed by atoms with Crippen LogP contribution in [0.25, 0.3) is 0 Å². The van der Waals surface area contributed by atoms with Crippen LogP contribution in [0.2, 0.25) is 5.02 Å². The number of likely N-dealkylation sites (tertiary alicyclic amines) is 1. The molecule has 0 radical (unpaired) electrons. The lowest BCUT2D eigenvalue weighted by Crippen LogP contribution is -2.46. The van der Waals surface area contributed by atoms with Crippen molar-refractivity contribution in [2.24, 2.45) is 5.41 Å². The van der Waals surface area contributed by atoms with Crippen molar-refractivity contribution < 1.29 is 4.79 Å². The molecule has 0 unspecified atom stereocenters. The Morgan fingerprint density at radius 2 is 1.89 bits per heavy atom. The van der Waals surface area contributed by atoms with Gasteiger partial charge in [-0.05, 0) is 50.7 Å². The summed E-state index contributed by atoms with van der Waals surface area (Å²) in [7, 11) is 2.10. The number of amides is 1. The molecule has 19 heavy (non-hydrogen) atoms. The molecule has 1 heterocycles. The molecular formula is C15H21ClN2O. The molecule has 1 N–H and O–H groups in total. The Morgan fingerprint density at radius 3 is 2.47 bits per heavy atom. The standard InChI is InChI=1S/C15H21ClN2O/c1-15(7-9-18(2)10-8-15)14(19)17-11-12-3-5-13(16)6-4-12/h3-6H,7-11H2,1-2H3,(H,17,19). The number of piperidine rings is 1. The Hall–Kier alpha value is -1.06. The highest BCUT2D eigenvalue weighted by atomic mass is 35.5. The van der Waals surface area contributed by atoms with Gasteiger partial charge in [-0.15, -0.1) is 0 Å². The number of rotatable bonds is 3. The molecule has 1 aromatic carbocycles. The molecule has 1 aromatic rings. The average molecular weight is 281 g/mol. The van der Waals surface area contributed by atoms with Gasteiger partial charge in [-0.2, -0.15) is 0 Å². The van der Waals surface area contributed by atoms with Crippen molar-refractivity contribution in [2.75, 3.05) is 20.1 Å². The van der Waals surface area contributed by atoms with Gasteiger partial charge >= 0.3 is 0 Å². The summed E-state index contributed by atoms with van der Waals surface area (Å²) in [5.41, 5.74) is 0.855. The molecule has 0 aliphatic carbocycles. The summed E-state index contributed by atoms with van der Waals surface area (Å²) in [5.74, 6) is 0.163. The molecule has 104 valence electrons. The summed E-state index contributed by atoms with van der Waals surface area (Å²) in [6.07, 6.45) is 1.85. The molecule has 0 saturated carbocycles. The van der Waals surface area contributed by atoms with Crippen LogP contribution in [0.4, 0.5) is 0 Å². The maximum absolute atomic E-state index is 12.3. The minimum Gasteiger partial charge on any atom is -0.352 e. The third-order valence-corrected chi connectivity index (χ3v) is 4.26. The number of carbonyl (C=O) groups is 1. The highest BCUT2D eigenvalue weighted by Crippen LogP contribution is 2.30. The Bertz CT molecular complexity index is 436. The van der Waals surface area contributed by atoms with E-state index in [1.165, 1.54) is 0 Å². The van der Waals surface area contributed by atoms with E-state index < -0.39 is 0 Å². The quantitative estimate of drug-likeness (QED) is 0.923. The van der Waals surface area contributed by atoms with Crippen LogP contribution < -0.4 is 5.32 Å². The summed E-state index contributed by atoms with van der Waals surface area (Å²) in [4.78, 5) is 14.6. The van der Waals surface area contributed by atoms with Crippen LogP contribution in [0, 0.1) is 5.41 Å². The van der Waals surface area contributed by atoms with Gasteiger partial charge in [-0.1, -0.05) is 30.7 Å². The van der Waals surface area contributed by atoms with Crippen molar-refractivity contribution in [3.63, 3.8) is 0 Å². The molecule has 3 nitrogen and oxygen atoms in total. The Kier molecular flexibility index (Phi) is 4.48. The van der Waals surface area contributed by atoms with Crippen LogP contribution in [0.15, 0.2) is 24.3 Å². The number of nitrogens with one attached hydrogen (secondary N) is 1. The van der Waals surface area contributed by atoms with Crippen molar-refractivity contribution in [3.8, 4) is 0 Å². The number of hydrogen-bond donors (Lipinski definition) is 1. The Morgan fingerprint density at radius 1 is 1.32 bits per heavy atom. The van der Waals surface area contributed by atoms with Gasteiger partial charge in [0.25, 0.3) is 0 Å². The molecular weight excluding hydrogens is 260 g/mol. The molecule has 1 saturated heterocycles. The normalized spacial score (nSPS) is 19.1. The van der Waals surface area contributed by atoms with Crippen LogP contribution in [-0.4, -0.2) is 30.9 Å². The lowest BCUT2D eigenvalue weighted by atomic mass is 9.79. The second kappa shape index (κ2) is 5.93. The number of hydrogen-bond acceptors (Lipinski definition) is 2. The SMILES string of the molecule is CN1CCC(C)(C(=O)NCc2ccc(Cl)cc2)CC1. The van der Waals surface area contributed by atoms with E-state index in [9.17, 15) is 4.79 Å². The van der Waals surface area contributed by atoms with Gasteiger partial charge < -0.3 is 10.2 Å². The zero-order valence-corrected chi connectivity index (χ0v) is 12.3. The van der Waals surface area contributed by atoms with Gasteiger partial charge in [0, 0.05) is 17.0 Å². The predicted octanol–water partition coefficient (Wildman–Crippen LogP) is 2.69. The summed E-state index contributed by atoms with van der Waals surface area (Å²) >= 11 is 5.84. The van der Waals surface area contributed by atoms with Crippen molar-refractivity contribution in [1.82, 2.24) is 10.2 Å². The van der Waals surface area contributed by atoms with E-state index in [0.717, 1.165) is 36.5 Å². The molecule has 4 heteroatoms. The summed E-state index contributed by atoms with van der Waals surface area (Å²) in [5, 5.41) is 3.76. The minimum atomic E-state index is -0.223. The second-order valence-corrected chi connectivity index (χ2v) is 6.11. The monoisotopic (exact) mass is 280 g/mol. The zero-order valence-electron chi connectivity index (χ0n) is 11.6. The van der Waals surface area contributed by atoms with Crippen molar-refractivity contribution in [3.05, 3.63) is 34.9 Å². The first-order valence-electron chi connectivity index (χ1n) is 6.71. The van der Waals surface area contributed by atoms with E-state index in [-0.39, 0.29) is 11.3 Å². The Labute approximate surface area is 119 Å². The number of benzene rings is 1. The van der Waals surface area contributed by atoms with E-state index in [4.69, 9.17) is 11.6 Å². The van der Waals surface area contributed by atoms with Gasteiger partial charge in [-0.3, -0.25) is 4.79 Å². The first-order valence-corrected chi connectivity index (χ1v) is 7.09. The van der Waals surface area contributed by atoms with Crippen LogP contribution in [0.3, 0.4) is 0 Å². The molecule has 1 amide bonds. The van der Waals surface area contributed by atoms with Crippen LogP contribution in [0.5, 0.6) is 0 Å². The van der Waals surface area contributed by atoms with Gasteiger partial charge in [0.1, 0.15) is 0 Å². The molecule has 1 fully saturated rings. The van der Waals surface area contributed by atoms with Crippen LogP contribution in [-0.2, 0) is 11.3 Å². The van der Waals surface area contributed by atoms with Gasteiger partial charge in [-0.25, -0.2) is 0 Å². The molecule has 0 atom stereocenters. The van der Waals surface area contributed by atoms with Crippen LogP contribution in [0.1, 0.15) is 25.3 Å². The lowest BCUT2D eigenvalue weighted by Gasteiger charge is -2.36. The minimum absolute atomic E-state index is 0.163. The molecule has 2 rings (SSSR count). The molecule has 1 aliphatic rings. The maximum atomic E-state index is 12.3. The van der Waals surface area contributed by atoms with E-state index >= 15 is 0 Å².